The fourth-order valence-electron chi connectivity index (χ4n) is 2.24. The fraction of sp³-hybridized carbons (Fsp3) is 0.462. The Morgan fingerprint density at radius 1 is 1.33 bits per heavy atom. The van der Waals surface area contributed by atoms with Crippen LogP contribution in [0.5, 0.6) is 0 Å². The number of aliphatic hydroxyl groups is 1. The molecule has 0 unspecified atom stereocenters. The zero-order valence-electron chi connectivity index (χ0n) is 9.16. The average Bonchev–Trinajstić information content (AvgIpc) is 2.77. The van der Waals surface area contributed by atoms with E-state index in [1.807, 2.05) is 12.1 Å². The van der Waals surface area contributed by atoms with E-state index in [0.717, 1.165) is 24.2 Å². The monoisotopic (exact) mass is 203 g/mol. The number of rotatable bonds is 3. The lowest BCUT2D eigenvalue weighted by atomic mass is 10.1. The zero-order valence-corrected chi connectivity index (χ0v) is 9.16. The second kappa shape index (κ2) is 4.58. The van der Waals surface area contributed by atoms with E-state index < -0.39 is 0 Å². The standard InChI is InChI=1S/C13H17NO/c1-2-10-5-3-7-12(10)13-8-4-6-11(9-15)14-13/h4,6,8,15H,2-3,5,7,9H2,1H3. The molecule has 0 aromatic carbocycles. The molecule has 1 aromatic heterocycles. The Labute approximate surface area is 90.7 Å². The van der Waals surface area contributed by atoms with Gasteiger partial charge in [0.2, 0.25) is 0 Å². The molecule has 0 spiro atoms. The van der Waals surface area contributed by atoms with Gasteiger partial charge in [-0.1, -0.05) is 18.6 Å². The summed E-state index contributed by atoms with van der Waals surface area (Å²) in [6.45, 7) is 2.24. The summed E-state index contributed by atoms with van der Waals surface area (Å²) >= 11 is 0. The van der Waals surface area contributed by atoms with Crippen LogP contribution in [0.15, 0.2) is 23.8 Å². The molecular weight excluding hydrogens is 186 g/mol. The molecule has 1 aliphatic carbocycles. The van der Waals surface area contributed by atoms with Gasteiger partial charge in [0, 0.05) is 0 Å². The van der Waals surface area contributed by atoms with Gasteiger partial charge < -0.3 is 5.11 Å². The van der Waals surface area contributed by atoms with Gasteiger partial charge in [0.05, 0.1) is 18.0 Å². The topological polar surface area (TPSA) is 33.1 Å². The third-order valence-corrected chi connectivity index (χ3v) is 3.04. The van der Waals surface area contributed by atoms with E-state index in [2.05, 4.69) is 18.0 Å². The molecular formula is C13H17NO. The lowest BCUT2D eigenvalue weighted by Crippen LogP contribution is -1.94. The van der Waals surface area contributed by atoms with Crippen molar-refractivity contribution in [1.82, 2.24) is 4.98 Å². The van der Waals surface area contributed by atoms with Crippen LogP contribution in [0, 0.1) is 0 Å². The van der Waals surface area contributed by atoms with Crippen molar-refractivity contribution in [2.45, 2.75) is 39.2 Å². The van der Waals surface area contributed by atoms with Gasteiger partial charge in [-0.2, -0.15) is 0 Å². The molecule has 0 saturated heterocycles. The molecule has 0 amide bonds. The first-order chi connectivity index (χ1) is 7.35. The minimum absolute atomic E-state index is 0.0303. The van der Waals surface area contributed by atoms with E-state index in [0.29, 0.717) is 0 Å². The quantitative estimate of drug-likeness (QED) is 0.819. The van der Waals surface area contributed by atoms with Crippen LogP contribution in [0.25, 0.3) is 5.57 Å². The summed E-state index contributed by atoms with van der Waals surface area (Å²) in [6, 6.07) is 5.90. The van der Waals surface area contributed by atoms with E-state index in [1.165, 1.54) is 24.0 Å². The van der Waals surface area contributed by atoms with Gasteiger partial charge in [-0.25, -0.2) is 0 Å². The first-order valence-electron chi connectivity index (χ1n) is 5.63. The minimum atomic E-state index is 0.0303. The van der Waals surface area contributed by atoms with Gasteiger partial charge in [0.25, 0.3) is 0 Å². The summed E-state index contributed by atoms with van der Waals surface area (Å²) in [5, 5.41) is 9.05. The van der Waals surface area contributed by atoms with Crippen LogP contribution in [0.1, 0.15) is 44.0 Å². The van der Waals surface area contributed by atoms with Crippen LogP contribution >= 0.6 is 0 Å². The average molecular weight is 203 g/mol. The maximum Gasteiger partial charge on any atom is 0.0853 e. The van der Waals surface area contributed by atoms with E-state index in [1.54, 1.807) is 0 Å². The van der Waals surface area contributed by atoms with E-state index in [9.17, 15) is 0 Å². The lowest BCUT2D eigenvalue weighted by Gasteiger charge is -2.06. The Bertz CT molecular complexity index is 382. The SMILES string of the molecule is CCC1=C(c2cccc(CO)n2)CCC1. The predicted octanol–water partition coefficient (Wildman–Crippen LogP) is 2.92. The van der Waals surface area contributed by atoms with E-state index in [-0.39, 0.29) is 6.61 Å². The molecule has 15 heavy (non-hydrogen) atoms. The van der Waals surface area contributed by atoms with Crippen LogP contribution in [0.2, 0.25) is 0 Å². The molecule has 80 valence electrons. The maximum atomic E-state index is 9.05. The van der Waals surface area contributed by atoms with Gasteiger partial charge in [-0.3, -0.25) is 4.98 Å². The van der Waals surface area contributed by atoms with Crippen LogP contribution in [-0.4, -0.2) is 10.1 Å². The fourth-order valence-corrected chi connectivity index (χ4v) is 2.24. The molecule has 2 rings (SSSR count). The zero-order chi connectivity index (χ0) is 10.7. The highest BCUT2D eigenvalue weighted by molar-refractivity contribution is 5.68. The van der Waals surface area contributed by atoms with Crippen LogP contribution in [0.4, 0.5) is 0 Å². The van der Waals surface area contributed by atoms with Gasteiger partial charge in [0.1, 0.15) is 0 Å². The molecule has 0 bridgehead atoms. The van der Waals surface area contributed by atoms with Gasteiger partial charge in [0.15, 0.2) is 0 Å². The highest BCUT2D eigenvalue weighted by Gasteiger charge is 2.15. The van der Waals surface area contributed by atoms with Crippen molar-refractivity contribution in [3.8, 4) is 0 Å². The Morgan fingerprint density at radius 2 is 2.20 bits per heavy atom. The molecule has 0 saturated carbocycles. The largest absolute Gasteiger partial charge is 0.390 e. The molecule has 0 radical (unpaired) electrons. The number of hydrogen-bond acceptors (Lipinski definition) is 2. The third-order valence-electron chi connectivity index (χ3n) is 3.04. The Balaban J connectivity index is 2.36. The number of aromatic nitrogens is 1. The first-order valence-corrected chi connectivity index (χ1v) is 5.63. The van der Waals surface area contributed by atoms with E-state index in [4.69, 9.17) is 5.11 Å². The molecule has 1 N–H and O–H groups in total. The Morgan fingerprint density at radius 3 is 2.93 bits per heavy atom. The van der Waals surface area contributed by atoms with Crippen molar-refractivity contribution >= 4 is 5.57 Å². The van der Waals surface area contributed by atoms with E-state index >= 15 is 0 Å². The van der Waals surface area contributed by atoms with Crippen molar-refractivity contribution in [1.29, 1.82) is 0 Å². The normalized spacial score (nSPS) is 16.1. The van der Waals surface area contributed by atoms with Crippen molar-refractivity contribution in [3.63, 3.8) is 0 Å². The molecule has 1 aromatic rings. The van der Waals surface area contributed by atoms with Crippen molar-refractivity contribution in [2.24, 2.45) is 0 Å². The summed E-state index contributed by atoms with van der Waals surface area (Å²) in [4.78, 5) is 4.46. The number of nitrogens with zero attached hydrogens (tertiary/aromatic N) is 1. The summed E-state index contributed by atoms with van der Waals surface area (Å²) in [6.07, 6.45) is 4.74. The summed E-state index contributed by atoms with van der Waals surface area (Å²) in [5.74, 6) is 0. The predicted molar refractivity (Wildman–Crippen MR) is 61.2 cm³/mol. The van der Waals surface area contributed by atoms with Gasteiger partial charge >= 0.3 is 0 Å². The highest BCUT2D eigenvalue weighted by Crippen LogP contribution is 2.34. The Kier molecular flexibility index (Phi) is 3.17. The molecule has 2 heteroatoms. The number of aliphatic hydroxyl groups excluding tert-OH is 1. The summed E-state index contributed by atoms with van der Waals surface area (Å²) in [7, 11) is 0. The smallest absolute Gasteiger partial charge is 0.0853 e. The lowest BCUT2D eigenvalue weighted by molar-refractivity contribution is 0.277. The summed E-state index contributed by atoms with van der Waals surface area (Å²) in [5.41, 5.74) is 4.78. The maximum absolute atomic E-state index is 9.05. The third kappa shape index (κ3) is 2.10. The number of hydrogen-bond donors (Lipinski definition) is 1. The van der Waals surface area contributed by atoms with Gasteiger partial charge in [-0.05, 0) is 43.4 Å². The summed E-state index contributed by atoms with van der Waals surface area (Å²) < 4.78 is 0. The molecule has 1 heterocycles. The molecule has 1 aliphatic rings. The highest BCUT2D eigenvalue weighted by atomic mass is 16.3. The Hall–Kier alpha value is -1.15. The first kappa shape index (κ1) is 10.4. The molecule has 0 atom stereocenters. The number of pyridine rings is 1. The van der Waals surface area contributed by atoms with Crippen molar-refractivity contribution in [2.75, 3.05) is 0 Å². The van der Waals surface area contributed by atoms with Gasteiger partial charge in [-0.15, -0.1) is 0 Å². The molecule has 0 aliphatic heterocycles. The number of allylic oxidation sites excluding steroid dienone is 2. The van der Waals surface area contributed by atoms with Crippen LogP contribution in [-0.2, 0) is 6.61 Å². The molecule has 0 fully saturated rings. The minimum Gasteiger partial charge on any atom is -0.390 e. The van der Waals surface area contributed by atoms with Crippen LogP contribution in [0.3, 0.4) is 0 Å². The molecule has 2 nitrogen and oxygen atoms in total. The van der Waals surface area contributed by atoms with Crippen molar-refractivity contribution in [3.05, 3.63) is 35.2 Å². The second-order valence-electron chi connectivity index (χ2n) is 3.96. The second-order valence-corrected chi connectivity index (χ2v) is 3.96. The van der Waals surface area contributed by atoms with Crippen LogP contribution < -0.4 is 0 Å². The van der Waals surface area contributed by atoms with Crippen molar-refractivity contribution < 1.29 is 5.11 Å².